The molecular formula is C11H33B2BrNO2S. The molecule has 0 amide bonds. The van der Waals surface area contributed by atoms with Crippen LogP contribution in [0.3, 0.4) is 0 Å². The molecule has 0 rings (SSSR count). The van der Waals surface area contributed by atoms with Gasteiger partial charge in [-0.25, -0.2) is 0 Å². The maximum absolute atomic E-state index is 7.92. The van der Waals surface area contributed by atoms with Crippen molar-refractivity contribution in [1.82, 2.24) is 0 Å². The van der Waals surface area contributed by atoms with Crippen LogP contribution in [-0.2, 0) is 0 Å². The second-order valence-corrected chi connectivity index (χ2v) is 3.42. The monoisotopic (exact) mass is 344 g/mol. The predicted molar refractivity (Wildman–Crippen MR) is 96.0 cm³/mol. The molecule has 0 bridgehead atoms. The quantitative estimate of drug-likeness (QED) is 0.391. The van der Waals surface area contributed by atoms with Crippen molar-refractivity contribution in [3.8, 4) is 0 Å². The van der Waals surface area contributed by atoms with Gasteiger partial charge in [0.25, 0.3) is 0 Å². The Morgan fingerprint density at radius 3 is 1.28 bits per heavy atom. The molecular weight excluding hydrogens is 312 g/mol. The number of thiol groups is 1. The average molecular weight is 345 g/mol. The molecule has 0 aliphatic rings. The summed E-state index contributed by atoms with van der Waals surface area (Å²) in [6.07, 6.45) is 2.90. The minimum atomic E-state index is -1.12. The van der Waals surface area contributed by atoms with Gasteiger partial charge in [0.1, 0.15) is 0 Å². The van der Waals surface area contributed by atoms with Crippen LogP contribution in [0.1, 0.15) is 61.8 Å². The molecule has 7 heteroatoms. The van der Waals surface area contributed by atoms with Crippen LogP contribution in [0, 0.1) is 0 Å². The molecule has 0 fully saturated rings. The second-order valence-electron chi connectivity index (χ2n) is 2.40. The summed E-state index contributed by atoms with van der Waals surface area (Å²) in [4.78, 5) is 0. The first-order chi connectivity index (χ1) is 8.01. The van der Waals surface area contributed by atoms with Crippen molar-refractivity contribution in [2.75, 3.05) is 5.33 Å². The normalized spacial score (nSPS) is 5.83. The van der Waals surface area contributed by atoms with Crippen LogP contribution >= 0.6 is 28.7 Å². The van der Waals surface area contributed by atoms with Crippen LogP contribution in [0.2, 0.25) is 6.32 Å². The molecule has 0 unspecified atom stereocenters. The molecule has 0 aliphatic heterocycles. The molecule has 113 valence electrons. The van der Waals surface area contributed by atoms with Gasteiger partial charge in [-0.3, -0.25) is 0 Å². The summed E-state index contributed by atoms with van der Waals surface area (Å²) in [6, 6.07) is 0. The van der Waals surface area contributed by atoms with Gasteiger partial charge in [-0.1, -0.05) is 71.3 Å². The van der Waals surface area contributed by atoms with Gasteiger partial charge in [0.2, 0.25) is 0 Å². The molecule has 2 N–H and O–H groups in total. The van der Waals surface area contributed by atoms with Crippen molar-refractivity contribution >= 4 is 43.5 Å². The van der Waals surface area contributed by atoms with E-state index >= 15 is 0 Å². The van der Waals surface area contributed by atoms with Crippen molar-refractivity contribution in [2.45, 2.75) is 68.1 Å². The molecule has 18 heavy (non-hydrogen) atoms. The Kier molecular flexibility index (Phi) is 132. The summed E-state index contributed by atoms with van der Waals surface area (Å²) < 4.78 is 2.69. The van der Waals surface area contributed by atoms with E-state index in [9.17, 15) is 0 Å². The summed E-state index contributed by atoms with van der Waals surface area (Å²) >= 11 is 6.44. The molecule has 0 aromatic carbocycles. The molecule has 0 aromatic rings. The zero-order chi connectivity index (χ0) is 15.1. The van der Waals surface area contributed by atoms with E-state index in [-0.39, 0.29) is 7.43 Å². The van der Waals surface area contributed by atoms with Crippen molar-refractivity contribution in [1.29, 1.82) is 0 Å². The first-order valence-corrected chi connectivity index (χ1v) is 7.50. The van der Waals surface area contributed by atoms with E-state index in [0.717, 1.165) is 5.33 Å². The first-order valence-electron chi connectivity index (χ1n) is 5.98. The first kappa shape index (κ1) is 36.3. The fraction of sp³-hybridized carbons (Fsp3) is 1.00. The molecule has 1 radical (unpaired) electrons. The topological polar surface area (TPSA) is 52.8 Å². The van der Waals surface area contributed by atoms with E-state index in [1.54, 1.807) is 6.92 Å². The van der Waals surface area contributed by atoms with Gasteiger partial charge < -0.3 is 10.0 Å². The molecule has 0 atom stereocenters. The van der Waals surface area contributed by atoms with Gasteiger partial charge in [-0.2, -0.15) is 0 Å². The number of halogens is 1. The van der Waals surface area contributed by atoms with Crippen LogP contribution in [0.5, 0.6) is 0 Å². The number of hydrogen-bond donors (Lipinski definition) is 3. The SMILES string of the molecule is C.CC.CCB(O)O.CCC.CCCBr.[B]=NS. The van der Waals surface area contributed by atoms with Crippen molar-refractivity contribution in [3.63, 3.8) is 0 Å². The summed E-state index contributed by atoms with van der Waals surface area (Å²) in [7, 11) is 3.22. The van der Waals surface area contributed by atoms with Crippen molar-refractivity contribution in [3.05, 3.63) is 0 Å². The third kappa shape index (κ3) is 303. The Balaban J connectivity index is -0.0000000255. The average Bonchev–Trinajstić information content (AvgIpc) is 2.34. The van der Waals surface area contributed by atoms with Gasteiger partial charge in [0, 0.05) is 5.33 Å². The molecule has 0 saturated carbocycles. The van der Waals surface area contributed by atoms with E-state index in [0.29, 0.717) is 6.32 Å². The zero-order valence-corrected chi connectivity index (χ0v) is 14.6. The van der Waals surface area contributed by atoms with Gasteiger partial charge >= 0.3 is 31.9 Å². The summed E-state index contributed by atoms with van der Waals surface area (Å²) in [5, 5.41) is 17.0. The summed E-state index contributed by atoms with van der Waals surface area (Å²) in [6.45, 7) is 12.1. The Bertz CT molecular complexity index is 93.4. The third-order valence-electron chi connectivity index (χ3n) is 0.554. The fourth-order valence-electron chi connectivity index (χ4n) is 0. The van der Waals surface area contributed by atoms with Crippen LogP contribution in [0.15, 0.2) is 4.30 Å². The zero-order valence-electron chi connectivity index (χ0n) is 12.1. The Labute approximate surface area is 131 Å². The van der Waals surface area contributed by atoms with Crippen LogP contribution < -0.4 is 0 Å². The molecule has 0 spiro atoms. The van der Waals surface area contributed by atoms with E-state index in [1.165, 1.54) is 12.8 Å². The van der Waals surface area contributed by atoms with E-state index in [4.69, 9.17) is 10.0 Å². The predicted octanol–water partition coefficient (Wildman–Crippen LogP) is 4.53. The van der Waals surface area contributed by atoms with Crippen LogP contribution in [0.4, 0.5) is 0 Å². The second kappa shape index (κ2) is 65.3. The van der Waals surface area contributed by atoms with Gasteiger partial charge in [0.15, 0.2) is 0 Å². The van der Waals surface area contributed by atoms with Gasteiger partial charge in [-0.15, -0.1) is 0 Å². The summed E-state index contributed by atoms with van der Waals surface area (Å²) in [5.41, 5.74) is 0. The van der Waals surface area contributed by atoms with Crippen molar-refractivity contribution < 1.29 is 10.0 Å². The van der Waals surface area contributed by atoms with E-state index in [1.807, 2.05) is 13.8 Å². The molecule has 0 saturated heterocycles. The van der Waals surface area contributed by atoms with Crippen molar-refractivity contribution in [2.24, 2.45) is 4.30 Å². The van der Waals surface area contributed by atoms with E-state index < -0.39 is 7.12 Å². The Morgan fingerprint density at radius 2 is 1.28 bits per heavy atom. The van der Waals surface area contributed by atoms with Gasteiger partial charge in [0.05, 0.1) is 0 Å². The molecule has 3 nitrogen and oxygen atoms in total. The Hall–Kier alpha value is 0.680. The molecule has 0 aliphatic carbocycles. The van der Waals surface area contributed by atoms with Crippen LogP contribution in [-0.4, -0.2) is 30.1 Å². The number of hydrogen-bond acceptors (Lipinski definition) is 4. The Morgan fingerprint density at radius 1 is 1.17 bits per heavy atom. The minimum absolute atomic E-state index is 0. The van der Waals surface area contributed by atoms with E-state index in [2.05, 4.69) is 61.5 Å². The van der Waals surface area contributed by atoms with Crippen LogP contribution in [0.25, 0.3) is 0 Å². The third-order valence-corrected chi connectivity index (χ3v) is 1.35. The fourth-order valence-corrected chi connectivity index (χ4v) is 0. The molecule has 0 aromatic heterocycles. The molecule has 0 heterocycles. The van der Waals surface area contributed by atoms with Gasteiger partial charge in [-0.05, 0) is 12.7 Å². The number of nitrogens with zero attached hydrogens (tertiary/aromatic N) is 1. The number of rotatable bonds is 2. The number of alkyl halides is 1. The standard InChI is InChI=1S/C3H7Br.C3H8.C2H7BO2.C2H6.CH4.BHNS/c1-2-3-4;1-3-2;1-2-3(4)5;1-2;;1-2-3/h2-3H2,1H3;3H2,1-2H3;4-5H,2H2,1H3;1-2H3;1H4;3H. The summed E-state index contributed by atoms with van der Waals surface area (Å²) in [5.74, 6) is 0. The maximum atomic E-state index is 7.92.